The van der Waals surface area contributed by atoms with Gasteiger partial charge in [0.2, 0.25) is 0 Å². The third kappa shape index (κ3) is 5.59. The van der Waals surface area contributed by atoms with Gasteiger partial charge in [-0.1, -0.05) is 23.2 Å². The van der Waals surface area contributed by atoms with Crippen molar-refractivity contribution in [1.82, 2.24) is 10.2 Å². The zero-order valence-electron chi connectivity index (χ0n) is 17.0. The number of thiophene rings is 1. The van der Waals surface area contributed by atoms with Crippen molar-refractivity contribution >= 4 is 57.4 Å². The van der Waals surface area contributed by atoms with Gasteiger partial charge < -0.3 is 15.0 Å². The van der Waals surface area contributed by atoms with Gasteiger partial charge in [-0.2, -0.15) is 0 Å². The monoisotopic (exact) mass is 475 g/mol. The van der Waals surface area contributed by atoms with Crippen LogP contribution in [0.25, 0.3) is 0 Å². The number of rotatable bonds is 6. The van der Waals surface area contributed by atoms with Crippen LogP contribution < -0.4 is 10.6 Å². The lowest BCUT2D eigenvalue weighted by atomic mass is 9.95. The van der Waals surface area contributed by atoms with Gasteiger partial charge in [0.05, 0.1) is 12.2 Å². The highest BCUT2D eigenvalue weighted by Crippen LogP contribution is 2.38. The summed E-state index contributed by atoms with van der Waals surface area (Å²) < 4.78 is 5.22. The fourth-order valence-electron chi connectivity index (χ4n) is 3.95. The van der Waals surface area contributed by atoms with Crippen molar-refractivity contribution in [2.75, 3.05) is 31.6 Å². The number of aryl methyl sites for hydroxylation is 1. The molecule has 10 heteroatoms. The van der Waals surface area contributed by atoms with E-state index in [0.29, 0.717) is 36.8 Å². The average Bonchev–Trinajstić information content (AvgIpc) is 3.10. The van der Waals surface area contributed by atoms with Gasteiger partial charge in [-0.15, -0.1) is 11.3 Å². The van der Waals surface area contributed by atoms with E-state index in [1.54, 1.807) is 11.8 Å². The van der Waals surface area contributed by atoms with E-state index in [0.717, 1.165) is 49.0 Å². The Balaban J connectivity index is 1.55. The van der Waals surface area contributed by atoms with Crippen LogP contribution in [0.4, 0.5) is 9.80 Å². The fourth-order valence-corrected chi connectivity index (χ4v) is 5.50. The van der Waals surface area contributed by atoms with E-state index in [9.17, 15) is 14.4 Å². The average molecular weight is 476 g/mol. The molecule has 3 rings (SSSR count). The van der Waals surface area contributed by atoms with Gasteiger partial charge in [-0.3, -0.25) is 10.1 Å². The number of likely N-dealkylation sites (tertiary alicyclic amines) is 1. The number of hydrogen-bond acceptors (Lipinski definition) is 5. The maximum Gasteiger partial charge on any atom is 0.341 e. The molecular formula is C20H27Cl2N3O4S. The number of fused-ring (bicyclic) bond motifs is 1. The van der Waals surface area contributed by atoms with Crippen molar-refractivity contribution < 1.29 is 19.1 Å². The van der Waals surface area contributed by atoms with Gasteiger partial charge in [0, 0.05) is 24.5 Å². The summed E-state index contributed by atoms with van der Waals surface area (Å²) in [4.78, 5) is 38.6. The summed E-state index contributed by atoms with van der Waals surface area (Å²) in [7, 11) is 0. The summed E-state index contributed by atoms with van der Waals surface area (Å²) >= 11 is 12.8. The van der Waals surface area contributed by atoms with Gasteiger partial charge in [0.25, 0.3) is 5.91 Å². The number of carbonyl (C=O) groups excluding carboxylic acids is 3. The van der Waals surface area contributed by atoms with E-state index in [1.165, 1.54) is 11.3 Å². The number of carbonyl (C=O) groups is 3. The van der Waals surface area contributed by atoms with Crippen LogP contribution in [0.1, 0.15) is 53.4 Å². The highest BCUT2D eigenvalue weighted by atomic mass is 35.5. The second kappa shape index (κ2) is 10.7. The van der Waals surface area contributed by atoms with E-state index >= 15 is 0 Å². The second-order valence-corrected chi connectivity index (χ2v) is 9.74. The molecule has 0 atom stereocenters. The summed E-state index contributed by atoms with van der Waals surface area (Å²) in [6, 6.07) is -0.334. The maximum absolute atomic E-state index is 12.5. The van der Waals surface area contributed by atoms with E-state index in [2.05, 4.69) is 10.6 Å². The van der Waals surface area contributed by atoms with Crippen molar-refractivity contribution in [2.24, 2.45) is 5.92 Å². The van der Waals surface area contributed by atoms with Crippen LogP contribution in [0.15, 0.2) is 0 Å². The molecule has 0 saturated carbocycles. The zero-order chi connectivity index (χ0) is 21.7. The lowest BCUT2D eigenvalue weighted by Crippen LogP contribution is -2.43. The van der Waals surface area contributed by atoms with Crippen molar-refractivity contribution in [2.45, 2.75) is 50.3 Å². The number of anilines is 1. The van der Waals surface area contributed by atoms with Crippen molar-refractivity contribution in [3.05, 3.63) is 16.0 Å². The SMILES string of the molecule is CCOC(=O)c1c(NC(=O)NCC2CCN(C(=O)C(Cl)Cl)CC2)sc2c1CCCC2. The molecule has 2 heterocycles. The Bertz CT molecular complexity index is 791. The van der Waals surface area contributed by atoms with Gasteiger partial charge in [0.1, 0.15) is 5.00 Å². The molecule has 1 fully saturated rings. The maximum atomic E-state index is 12.5. The first-order chi connectivity index (χ1) is 14.4. The predicted octanol–water partition coefficient (Wildman–Crippen LogP) is 3.97. The molecule has 30 heavy (non-hydrogen) atoms. The Morgan fingerprint density at radius 3 is 2.57 bits per heavy atom. The minimum atomic E-state index is -1.03. The quantitative estimate of drug-likeness (QED) is 0.481. The van der Waals surface area contributed by atoms with Gasteiger partial charge in [-0.25, -0.2) is 9.59 Å². The zero-order valence-corrected chi connectivity index (χ0v) is 19.3. The highest BCUT2D eigenvalue weighted by Gasteiger charge is 2.28. The minimum absolute atomic E-state index is 0.268. The first-order valence-corrected chi connectivity index (χ1v) is 12.0. The number of halogens is 2. The molecule has 0 bridgehead atoms. The summed E-state index contributed by atoms with van der Waals surface area (Å²) in [6.45, 7) is 3.72. The molecule has 1 aromatic heterocycles. The number of piperidine rings is 1. The Labute approximate surface area is 190 Å². The van der Waals surface area contributed by atoms with Crippen molar-refractivity contribution in [3.8, 4) is 0 Å². The summed E-state index contributed by atoms with van der Waals surface area (Å²) in [5.41, 5.74) is 1.53. The van der Waals surface area contributed by atoms with Crippen LogP contribution in [0, 0.1) is 5.92 Å². The molecule has 166 valence electrons. The molecule has 1 aromatic rings. The molecule has 1 aliphatic heterocycles. The molecule has 3 amide bonds. The first kappa shape index (κ1) is 23.2. The van der Waals surface area contributed by atoms with Crippen LogP contribution >= 0.6 is 34.5 Å². The lowest BCUT2D eigenvalue weighted by Gasteiger charge is -2.32. The van der Waals surface area contributed by atoms with Crippen molar-refractivity contribution in [3.63, 3.8) is 0 Å². The number of amides is 3. The Morgan fingerprint density at radius 2 is 1.90 bits per heavy atom. The highest BCUT2D eigenvalue weighted by molar-refractivity contribution is 7.17. The molecule has 1 aliphatic carbocycles. The van der Waals surface area contributed by atoms with Crippen LogP contribution in [-0.2, 0) is 22.4 Å². The topological polar surface area (TPSA) is 87.7 Å². The Kier molecular flexibility index (Phi) is 8.25. The predicted molar refractivity (Wildman–Crippen MR) is 119 cm³/mol. The lowest BCUT2D eigenvalue weighted by molar-refractivity contribution is -0.130. The number of esters is 1. The minimum Gasteiger partial charge on any atom is -0.462 e. The van der Waals surface area contributed by atoms with Crippen LogP contribution in [-0.4, -0.2) is 53.9 Å². The third-order valence-corrected chi connectivity index (χ3v) is 7.12. The smallest absolute Gasteiger partial charge is 0.341 e. The van der Waals surface area contributed by atoms with E-state index in [-0.39, 0.29) is 23.8 Å². The number of ether oxygens (including phenoxy) is 1. The molecule has 0 aromatic carbocycles. The third-order valence-electron chi connectivity index (χ3n) is 5.54. The van der Waals surface area contributed by atoms with Crippen molar-refractivity contribution in [1.29, 1.82) is 0 Å². The summed E-state index contributed by atoms with van der Waals surface area (Å²) in [5, 5.41) is 6.32. The number of alkyl halides is 2. The normalized spacial score (nSPS) is 16.9. The summed E-state index contributed by atoms with van der Waals surface area (Å²) in [5.74, 6) is -0.373. The number of nitrogens with one attached hydrogen (secondary N) is 2. The molecule has 2 N–H and O–H groups in total. The van der Waals surface area contributed by atoms with E-state index in [4.69, 9.17) is 27.9 Å². The standard InChI is InChI=1S/C20H27Cl2N3O4S/c1-2-29-19(27)15-13-5-3-4-6-14(13)30-17(15)24-20(28)23-11-12-7-9-25(10-8-12)18(26)16(21)22/h12,16H,2-11H2,1H3,(H2,23,24,28). The van der Waals surface area contributed by atoms with Crippen LogP contribution in [0.2, 0.25) is 0 Å². The van der Waals surface area contributed by atoms with E-state index < -0.39 is 4.84 Å². The molecule has 0 radical (unpaired) electrons. The molecule has 0 unspecified atom stereocenters. The van der Waals surface area contributed by atoms with Gasteiger partial charge in [0.15, 0.2) is 4.84 Å². The molecule has 1 saturated heterocycles. The summed E-state index contributed by atoms with van der Waals surface area (Å²) in [6.07, 6.45) is 5.44. The largest absolute Gasteiger partial charge is 0.462 e. The van der Waals surface area contributed by atoms with Crippen LogP contribution in [0.3, 0.4) is 0 Å². The second-order valence-electron chi connectivity index (χ2n) is 7.54. The Hall–Kier alpha value is -1.51. The number of nitrogens with zero attached hydrogens (tertiary/aromatic N) is 1. The molecule has 2 aliphatic rings. The number of hydrogen-bond donors (Lipinski definition) is 2. The molecule has 0 spiro atoms. The number of urea groups is 1. The van der Waals surface area contributed by atoms with E-state index in [1.807, 2.05) is 0 Å². The van der Waals surface area contributed by atoms with Crippen LogP contribution in [0.5, 0.6) is 0 Å². The fraction of sp³-hybridized carbons (Fsp3) is 0.650. The van der Waals surface area contributed by atoms with Gasteiger partial charge in [-0.05, 0) is 56.9 Å². The Morgan fingerprint density at radius 1 is 1.20 bits per heavy atom. The first-order valence-electron chi connectivity index (χ1n) is 10.3. The van der Waals surface area contributed by atoms with Gasteiger partial charge >= 0.3 is 12.0 Å². The molecule has 7 nitrogen and oxygen atoms in total. The molecular weight excluding hydrogens is 449 g/mol.